The maximum absolute atomic E-state index is 14.3. The molecule has 60 heavy (non-hydrogen) atoms. The fraction of sp³-hybridized carbons (Fsp3) is 0.756. The second kappa shape index (κ2) is 24.8. The Hall–Kier alpha value is -3.47. The van der Waals surface area contributed by atoms with Crippen LogP contribution < -0.4 is 16.0 Å². The van der Waals surface area contributed by atoms with Gasteiger partial charge in [0.15, 0.2) is 5.78 Å². The van der Waals surface area contributed by atoms with Crippen LogP contribution in [0.25, 0.3) is 0 Å². The molecular formula is C45H76N6O9. The zero-order chi connectivity index (χ0) is 44.7. The molecule has 4 amide bonds. The predicted molar refractivity (Wildman–Crippen MR) is 230 cm³/mol. The van der Waals surface area contributed by atoms with Crippen LogP contribution in [0.3, 0.4) is 0 Å². The van der Waals surface area contributed by atoms with Crippen molar-refractivity contribution in [1.82, 2.24) is 30.8 Å². The summed E-state index contributed by atoms with van der Waals surface area (Å²) in [7, 11) is 6.60. The van der Waals surface area contributed by atoms with Crippen molar-refractivity contribution in [3.8, 4) is 0 Å². The number of hydrogen-bond acceptors (Lipinski definition) is 11. The molecule has 0 aromatic heterocycles. The van der Waals surface area contributed by atoms with Gasteiger partial charge in [0.05, 0.1) is 49.5 Å². The molecule has 1 unspecified atom stereocenters. The number of hydrogen-bond donors (Lipinski definition) is 4. The van der Waals surface area contributed by atoms with Crippen molar-refractivity contribution in [2.24, 2.45) is 23.7 Å². The summed E-state index contributed by atoms with van der Waals surface area (Å²) in [4.78, 5) is 78.6. The van der Waals surface area contributed by atoms with Crippen molar-refractivity contribution in [1.29, 1.82) is 0 Å². The molecule has 0 bridgehead atoms. The highest BCUT2D eigenvalue weighted by molar-refractivity contribution is 5.91. The van der Waals surface area contributed by atoms with Crippen LogP contribution in [0, 0.1) is 23.7 Å². The van der Waals surface area contributed by atoms with Crippen molar-refractivity contribution < 1.29 is 43.4 Å². The molecule has 0 radical (unpaired) electrons. The van der Waals surface area contributed by atoms with E-state index in [0.29, 0.717) is 39.0 Å². The Kier molecular flexibility index (Phi) is 21.1. The van der Waals surface area contributed by atoms with Gasteiger partial charge in [0.25, 0.3) is 5.91 Å². The second-order valence-electron chi connectivity index (χ2n) is 17.5. The number of nitrogens with zero attached hydrogens (tertiary/aromatic N) is 3. The maximum Gasteiger partial charge on any atom is 0.269 e. The summed E-state index contributed by atoms with van der Waals surface area (Å²) in [6, 6.07) is 6.05. The summed E-state index contributed by atoms with van der Waals surface area (Å²) in [5.41, 5.74) is 0.910. The number of ether oxygens (including phenoxy) is 2. The highest BCUT2D eigenvalue weighted by Gasteiger charge is 2.43. The van der Waals surface area contributed by atoms with Gasteiger partial charge in [-0.15, -0.1) is 0 Å². The van der Waals surface area contributed by atoms with Crippen molar-refractivity contribution in [3.63, 3.8) is 0 Å². The number of ketones is 1. The van der Waals surface area contributed by atoms with Crippen molar-refractivity contribution in [2.75, 3.05) is 54.6 Å². The van der Waals surface area contributed by atoms with Gasteiger partial charge in [-0.3, -0.25) is 33.7 Å². The largest absolute Gasteiger partial charge is 0.395 e. The van der Waals surface area contributed by atoms with Gasteiger partial charge in [-0.25, -0.2) is 5.06 Å². The van der Waals surface area contributed by atoms with Gasteiger partial charge in [-0.1, -0.05) is 85.2 Å². The van der Waals surface area contributed by atoms with Crippen LogP contribution in [0.1, 0.15) is 92.6 Å². The van der Waals surface area contributed by atoms with Gasteiger partial charge in [-0.2, -0.15) is 0 Å². The molecule has 15 nitrogen and oxygen atoms in total. The molecule has 3 rings (SSSR count). The average molecular weight is 845 g/mol. The molecule has 2 heterocycles. The zero-order valence-corrected chi connectivity index (χ0v) is 38.1. The summed E-state index contributed by atoms with van der Waals surface area (Å²) < 4.78 is 11.9. The molecule has 2 aliphatic rings. The third kappa shape index (κ3) is 13.8. The lowest BCUT2D eigenvalue weighted by Gasteiger charge is -2.40. The second-order valence-corrected chi connectivity index (χ2v) is 17.5. The minimum absolute atomic E-state index is 0.0418. The number of nitrogens with one attached hydrogen (secondary N) is 3. The van der Waals surface area contributed by atoms with E-state index in [9.17, 15) is 29.1 Å². The number of aliphatic hydroxyl groups is 1. The standard InChI is InChI=1S/C45H76N6O9/c1-12-30(6)40(50(9)45(57)38(28(2)3)48-43(55)39(29(4)5)49(8)23-24-52)37(58-10)27-36(53)33-20-21-34(46-33)41(59-11)31(7)42(54)47-35(26-32-18-14-13-15-19-32)44(56)51-22-16-17-25-60-51/h13-15,18-19,28-31,33-35,37-41,46,52H,12,16-17,20-27H2,1-11H3,(H,47,54)(H,48,55)/t30-,31+,33?,34-,35-,37+,38-,39-,40-,41+/m0/s1. The van der Waals surface area contributed by atoms with E-state index in [0.717, 1.165) is 24.8 Å². The van der Waals surface area contributed by atoms with E-state index in [-0.39, 0.29) is 66.2 Å². The highest BCUT2D eigenvalue weighted by Crippen LogP contribution is 2.28. The van der Waals surface area contributed by atoms with Crippen molar-refractivity contribution in [3.05, 3.63) is 35.9 Å². The van der Waals surface area contributed by atoms with Crippen LogP contribution >= 0.6 is 0 Å². The predicted octanol–water partition coefficient (Wildman–Crippen LogP) is 2.98. The minimum atomic E-state index is -0.833. The summed E-state index contributed by atoms with van der Waals surface area (Å²) >= 11 is 0. The molecule has 10 atom stereocenters. The molecule has 2 fully saturated rings. The van der Waals surface area contributed by atoms with E-state index in [1.54, 1.807) is 45.0 Å². The third-order valence-corrected chi connectivity index (χ3v) is 12.5. The lowest BCUT2D eigenvalue weighted by Crippen LogP contribution is -2.60. The smallest absolute Gasteiger partial charge is 0.269 e. The molecule has 0 saturated carbocycles. The van der Waals surface area contributed by atoms with Crippen LogP contribution in [-0.4, -0.2) is 152 Å². The van der Waals surface area contributed by atoms with Crippen LogP contribution in [0.4, 0.5) is 0 Å². The molecule has 340 valence electrons. The molecule has 2 saturated heterocycles. The summed E-state index contributed by atoms with van der Waals surface area (Å²) in [6.45, 7) is 14.6. The van der Waals surface area contributed by atoms with Crippen LogP contribution in [0.2, 0.25) is 0 Å². The van der Waals surface area contributed by atoms with E-state index in [4.69, 9.17) is 14.3 Å². The van der Waals surface area contributed by atoms with Gasteiger partial charge in [0.1, 0.15) is 12.1 Å². The first-order valence-electron chi connectivity index (χ1n) is 22.0. The lowest BCUT2D eigenvalue weighted by molar-refractivity contribution is -0.199. The molecule has 15 heteroatoms. The Bertz CT molecular complexity index is 1510. The normalized spacial score (nSPS) is 21.1. The Morgan fingerprint density at radius 3 is 2.17 bits per heavy atom. The van der Waals surface area contributed by atoms with E-state index in [1.807, 2.05) is 71.9 Å². The number of carbonyl (C=O) groups excluding carboxylic acids is 5. The number of methoxy groups -OCH3 is 2. The average Bonchev–Trinajstić information content (AvgIpc) is 3.72. The van der Waals surface area contributed by atoms with E-state index in [2.05, 4.69) is 16.0 Å². The van der Waals surface area contributed by atoms with Gasteiger partial charge in [0.2, 0.25) is 17.7 Å². The number of benzene rings is 1. The molecule has 0 spiro atoms. The van der Waals surface area contributed by atoms with Gasteiger partial charge < -0.3 is 35.4 Å². The minimum Gasteiger partial charge on any atom is -0.395 e. The van der Waals surface area contributed by atoms with Crippen LogP contribution in [-0.2, 0) is 44.7 Å². The number of hydroxylamine groups is 2. The van der Waals surface area contributed by atoms with Crippen molar-refractivity contribution in [2.45, 2.75) is 142 Å². The SMILES string of the molecule is CC[C@H](C)[C@@H]([C@@H](CC(=O)C1CC[C@@H]([C@H](OC)[C@@H](C)C(=O)N[C@@H](Cc2ccccc2)C(=O)N2CCCCO2)N1)OC)N(C)C(=O)[C@@H](NC(=O)[C@H](C(C)C)N(C)CCO)C(C)C. The Balaban J connectivity index is 1.72. The summed E-state index contributed by atoms with van der Waals surface area (Å²) in [6.07, 6.45) is 2.68. The molecule has 4 N–H and O–H groups in total. The van der Waals surface area contributed by atoms with Crippen LogP contribution in [0.15, 0.2) is 30.3 Å². The quantitative estimate of drug-likeness (QED) is 0.120. The van der Waals surface area contributed by atoms with Crippen LogP contribution in [0.5, 0.6) is 0 Å². The van der Waals surface area contributed by atoms with E-state index in [1.165, 1.54) is 5.06 Å². The van der Waals surface area contributed by atoms with Gasteiger partial charge >= 0.3 is 0 Å². The third-order valence-electron chi connectivity index (χ3n) is 12.5. The highest BCUT2D eigenvalue weighted by atomic mass is 16.7. The summed E-state index contributed by atoms with van der Waals surface area (Å²) in [5, 5.41) is 20.3. The van der Waals surface area contributed by atoms with Crippen molar-refractivity contribution >= 4 is 29.4 Å². The Labute approximate surface area is 358 Å². The first-order chi connectivity index (χ1) is 28.5. The first-order valence-corrected chi connectivity index (χ1v) is 22.0. The number of aliphatic hydroxyl groups excluding tert-OH is 1. The molecule has 1 aromatic carbocycles. The fourth-order valence-electron chi connectivity index (χ4n) is 8.80. The Morgan fingerprint density at radius 1 is 0.933 bits per heavy atom. The number of amides is 4. The lowest BCUT2D eigenvalue weighted by atomic mass is 9.88. The number of carbonyl (C=O) groups is 5. The van der Waals surface area contributed by atoms with E-state index < -0.39 is 48.3 Å². The molecular weight excluding hydrogens is 769 g/mol. The zero-order valence-electron chi connectivity index (χ0n) is 38.1. The fourth-order valence-corrected chi connectivity index (χ4v) is 8.80. The van der Waals surface area contributed by atoms with Gasteiger partial charge in [0, 0.05) is 53.2 Å². The van der Waals surface area contributed by atoms with Gasteiger partial charge in [-0.05, 0) is 56.0 Å². The van der Waals surface area contributed by atoms with E-state index >= 15 is 0 Å². The number of likely N-dealkylation sites (N-methyl/N-ethyl adjacent to an activating group) is 2. The maximum atomic E-state index is 14.3. The topological polar surface area (TPSA) is 179 Å². The molecule has 0 aliphatic carbocycles. The summed E-state index contributed by atoms with van der Waals surface area (Å²) in [5.74, 6) is -2.23. The molecule has 1 aromatic rings. The Morgan fingerprint density at radius 2 is 1.62 bits per heavy atom. The molecule has 2 aliphatic heterocycles. The number of Topliss-reactive ketones (excluding diaryl/α,β-unsaturated/α-hetero) is 1. The monoisotopic (exact) mass is 845 g/mol. The first kappa shape index (κ1) is 50.9. The number of rotatable bonds is 24.